The lowest BCUT2D eigenvalue weighted by molar-refractivity contribution is -0.159. The summed E-state index contributed by atoms with van der Waals surface area (Å²) in [5, 5.41) is 2.31. The van der Waals surface area contributed by atoms with Crippen LogP contribution in [0.2, 0.25) is 0 Å². The third-order valence-electron chi connectivity index (χ3n) is 3.50. The number of hydrogen-bond donors (Lipinski definition) is 2. The summed E-state index contributed by atoms with van der Waals surface area (Å²) in [6.07, 6.45) is -3.77. The van der Waals surface area contributed by atoms with E-state index in [0.29, 0.717) is 19.5 Å². The van der Waals surface area contributed by atoms with Crippen molar-refractivity contribution in [3.63, 3.8) is 0 Å². The minimum absolute atomic E-state index is 0.0820. The van der Waals surface area contributed by atoms with Gasteiger partial charge < -0.3 is 10.6 Å². The van der Waals surface area contributed by atoms with E-state index < -0.39 is 12.2 Å². The maximum Gasteiger partial charge on any atom is 0.407 e. The van der Waals surface area contributed by atoms with Crippen LogP contribution >= 0.6 is 0 Å². The molecule has 21 heavy (non-hydrogen) atoms. The van der Waals surface area contributed by atoms with Gasteiger partial charge >= 0.3 is 6.18 Å². The zero-order valence-corrected chi connectivity index (χ0v) is 11.4. The van der Waals surface area contributed by atoms with Gasteiger partial charge in [0.15, 0.2) is 0 Å². The second-order valence-electron chi connectivity index (χ2n) is 5.15. The smallest absolute Gasteiger partial charge is 0.340 e. The van der Waals surface area contributed by atoms with E-state index in [9.17, 15) is 18.0 Å². The zero-order chi connectivity index (χ0) is 15.5. The third-order valence-corrected chi connectivity index (χ3v) is 3.50. The number of likely N-dealkylation sites (tertiary alicyclic amines) is 1. The highest BCUT2D eigenvalue weighted by molar-refractivity contribution is 5.78. The van der Waals surface area contributed by atoms with E-state index in [0.717, 1.165) is 0 Å². The largest absolute Gasteiger partial charge is 0.407 e. The minimum atomic E-state index is -4.46. The summed E-state index contributed by atoms with van der Waals surface area (Å²) in [4.78, 5) is 13.4. The molecule has 1 aliphatic heterocycles. The van der Waals surface area contributed by atoms with Gasteiger partial charge in [0.2, 0.25) is 5.91 Å². The Bertz CT molecular complexity index is 478. The monoisotopic (exact) mass is 301 g/mol. The van der Waals surface area contributed by atoms with Crippen molar-refractivity contribution >= 4 is 5.91 Å². The number of nitrogens with zero attached hydrogens (tertiary/aromatic N) is 1. The fourth-order valence-corrected chi connectivity index (χ4v) is 2.38. The second kappa shape index (κ2) is 6.44. The summed E-state index contributed by atoms with van der Waals surface area (Å²) in [7, 11) is 0. The molecule has 1 amide bonds. The Morgan fingerprint density at radius 3 is 2.57 bits per heavy atom. The van der Waals surface area contributed by atoms with Crippen molar-refractivity contribution in [3.8, 4) is 0 Å². The lowest BCUT2D eigenvalue weighted by Crippen LogP contribution is -2.42. The van der Waals surface area contributed by atoms with Crippen molar-refractivity contribution in [2.24, 2.45) is 5.73 Å². The molecular weight excluding hydrogens is 283 g/mol. The molecular formula is C14H18F3N3O. The highest BCUT2D eigenvalue weighted by Gasteiger charge is 2.41. The minimum Gasteiger partial charge on any atom is -0.340 e. The number of nitrogens with two attached hydrogens (primary N) is 1. The number of alkyl halides is 3. The van der Waals surface area contributed by atoms with E-state index in [1.165, 1.54) is 29.2 Å². The van der Waals surface area contributed by atoms with E-state index in [4.69, 9.17) is 5.73 Å². The second-order valence-corrected chi connectivity index (χ2v) is 5.15. The predicted octanol–water partition coefficient (Wildman–Crippen LogP) is 1.44. The van der Waals surface area contributed by atoms with Crippen LogP contribution in [0.5, 0.6) is 0 Å². The fourth-order valence-electron chi connectivity index (χ4n) is 2.38. The summed E-state index contributed by atoms with van der Waals surface area (Å²) >= 11 is 0. The topological polar surface area (TPSA) is 58.4 Å². The summed E-state index contributed by atoms with van der Waals surface area (Å²) in [5.74, 6) is -0.354. The molecule has 1 heterocycles. The van der Waals surface area contributed by atoms with Gasteiger partial charge in [-0.05, 0) is 12.0 Å². The van der Waals surface area contributed by atoms with E-state index >= 15 is 0 Å². The maximum absolute atomic E-state index is 13.1. The molecule has 0 aromatic heterocycles. The molecule has 4 nitrogen and oxygen atoms in total. The van der Waals surface area contributed by atoms with Crippen LogP contribution in [-0.2, 0) is 4.79 Å². The Kier molecular flexibility index (Phi) is 4.84. The zero-order valence-electron chi connectivity index (χ0n) is 11.4. The lowest BCUT2D eigenvalue weighted by atomic mass is 10.1. The molecule has 1 aromatic rings. The van der Waals surface area contributed by atoms with E-state index in [2.05, 4.69) is 5.32 Å². The number of hydrogen-bond acceptors (Lipinski definition) is 3. The molecule has 3 N–H and O–H groups in total. The van der Waals surface area contributed by atoms with Crippen LogP contribution in [0.1, 0.15) is 18.0 Å². The first kappa shape index (κ1) is 15.8. The normalized spacial score (nSPS) is 20.6. The molecule has 7 heteroatoms. The van der Waals surface area contributed by atoms with E-state index in [-0.39, 0.29) is 24.1 Å². The molecule has 1 aromatic carbocycles. The number of carbonyl (C=O) groups is 1. The number of rotatable bonds is 4. The van der Waals surface area contributed by atoms with Crippen LogP contribution in [0.15, 0.2) is 30.3 Å². The van der Waals surface area contributed by atoms with Gasteiger partial charge in [-0.15, -0.1) is 0 Å². The number of amides is 1. The number of nitrogens with one attached hydrogen (secondary N) is 1. The molecule has 1 aliphatic rings. The SMILES string of the molecule is N[C@H]1CCN(C(=O)CN[C@@H](c2ccccc2)C(F)(F)F)C1. The molecule has 2 rings (SSSR count). The standard InChI is InChI=1S/C14H18F3N3O/c15-14(16,17)13(10-4-2-1-3-5-10)19-8-12(21)20-7-6-11(18)9-20/h1-5,11,13,19H,6-9,18H2/t11-,13-/m0/s1. The van der Waals surface area contributed by atoms with Crippen molar-refractivity contribution in [2.45, 2.75) is 24.7 Å². The highest BCUT2D eigenvalue weighted by Crippen LogP contribution is 2.32. The first-order chi connectivity index (χ1) is 9.88. The van der Waals surface area contributed by atoms with Crippen molar-refractivity contribution in [2.75, 3.05) is 19.6 Å². The van der Waals surface area contributed by atoms with Gasteiger partial charge in [-0.25, -0.2) is 0 Å². The van der Waals surface area contributed by atoms with Gasteiger partial charge in [0.25, 0.3) is 0 Å². The summed E-state index contributed by atoms with van der Waals surface area (Å²) in [5.41, 5.74) is 5.78. The summed E-state index contributed by atoms with van der Waals surface area (Å²) in [6, 6.07) is 5.57. The molecule has 0 unspecified atom stereocenters. The predicted molar refractivity (Wildman–Crippen MR) is 72.4 cm³/mol. The summed E-state index contributed by atoms with van der Waals surface area (Å²) in [6.45, 7) is 0.554. The molecule has 0 spiro atoms. The van der Waals surface area contributed by atoms with Crippen LogP contribution in [0.4, 0.5) is 13.2 Å². The third kappa shape index (κ3) is 4.18. The van der Waals surface area contributed by atoms with Crippen LogP contribution < -0.4 is 11.1 Å². The molecule has 0 radical (unpaired) electrons. The van der Waals surface area contributed by atoms with Crippen LogP contribution in [0, 0.1) is 0 Å². The molecule has 1 fully saturated rings. The van der Waals surface area contributed by atoms with Crippen LogP contribution in [-0.4, -0.2) is 42.7 Å². The van der Waals surface area contributed by atoms with Gasteiger partial charge in [0, 0.05) is 19.1 Å². The Labute approximate surface area is 121 Å². The van der Waals surface area contributed by atoms with E-state index in [1.54, 1.807) is 6.07 Å². The van der Waals surface area contributed by atoms with Crippen molar-refractivity contribution in [1.29, 1.82) is 0 Å². The number of carbonyl (C=O) groups excluding carboxylic acids is 1. The Morgan fingerprint density at radius 1 is 1.38 bits per heavy atom. The summed E-state index contributed by atoms with van der Waals surface area (Å²) < 4.78 is 39.3. The fraction of sp³-hybridized carbons (Fsp3) is 0.500. The van der Waals surface area contributed by atoms with Crippen LogP contribution in [0.25, 0.3) is 0 Å². The maximum atomic E-state index is 13.1. The van der Waals surface area contributed by atoms with E-state index in [1.807, 2.05) is 0 Å². The number of benzene rings is 1. The average Bonchev–Trinajstić information content (AvgIpc) is 2.85. The first-order valence-corrected chi connectivity index (χ1v) is 6.76. The molecule has 0 aliphatic carbocycles. The average molecular weight is 301 g/mol. The number of halogens is 3. The van der Waals surface area contributed by atoms with Crippen molar-refractivity contribution < 1.29 is 18.0 Å². The van der Waals surface area contributed by atoms with Crippen LogP contribution in [0.3, 0.4) is 0 Å². The van der Waals surface area contributed by atoms with Crippen molar-refractivity contribution in [3.05, 3.63) is 35.9 Å². The molecule has 1 saturated heterocycles. The lowest BCUT2D eigenvalue weighted by Gasteiger charge is -2.23. The van der Waals surface area contributed by atoms with Gasteiger partial charge in [-0.2, -0.15) is 13.2 Å². The van der Waals surface area contributed by atoms with Gasteiger partial charge in [0.05, 0.1) is 6.54 Å². The van der Waals surface area contributed by atoms with Gasteiger partial charge in [0.1, 0.15) is 6.04 Å². The Hall–Kier alpha value is -1.60. The molecule has 0 saturated carbocycles. The first-order valence-electron chi connectivity index (χ1n) is 6.76. The molecule has 116 valence electrons. The van der Waals surface area contributed by atoms with Crippen molar-refractivity contribution in [1.82, 2.24) is 10.2 Å². The Balaban J connectivity index is 1.99. The molecule has 0 bridgehead atoms. The molecule has 2 atom stereocenters. The van der Waals surface area contributed by atoms with Gasteiger partial charge in [-0.3, -0.25) is 10.1 Å². The quantitative estimate of drug-likeness (QED) is 0.885. The highest BCUT2D eigenvalue weighted by atomic mass is 19.4. The van der Waals surface area contributed by atoms with Gasteiger partial charge in [-0.1, -0.05) is 30.3 Å². The Morgan fingerprint density at radius 2 is 2.05 bits per heavy atom.